The Balaban J connectivity index is 1.35. The Bertz CT molecular complexity index is 528. The number of rotatable bonds is 6. The Morgan fingerprint density at radius 1 is 1.32 bits per heavy atom. The van der Waals surface area contributed by atoms with Crippen molar-refractivity contribution in [2.45, 2.75) is 37.1 Å². The van der Waals surface area contributed by atoms with E-state index < -0.39 is 0 Å². The van der Waals surface area contributed by atoms with E-state index in [0.717, 1.165) is 16.3 Å². The number of thioether (sulfide) groups is 1. The number of carbonyl (C=O) groups excluding carboxylic acids is 1. The van der Waals surface area contributed by atoms with Crippen LogP contribution >= 0.6 is 23.4 Å². The van der Waals surface area contributed by atoms with E-state index in [-0.39, 0.29) is 5.91 Å². The molecule has 0 bridgehead atoms. The van der Waals surface area contributed by atoms with Crippen molar-refractivity contribution in [2.24, 2.45) is 5.92 Å². The van der Waals surface area contributed by atoms with Crippen LogP contribution in [0, 0.1) is 5.92 Å². The van der Waals surface area contributed by atoms with Crippen LogP contribution in [0.5, 0.6) is 0 Å². The van der Waals surface area contributed by atoms with Gasteiger partial charge in [0.2, 0.25) is 5.91 Å². The first-order valence-electron chi connectivity index (χ1n) is 7.83. The van der Waals surface area contributed by atoms with Gasteiger partial charge in [-0.25, -0.2) is 0 Å². The minimum absolute atomic E-state index is 0.0975. The molecular weight excluding hydrogens is 318 g/mol. The predicted molar refractivity (Wildman–Crippen MR) is 91.8 cm³/mol. The number of carbonyl (C=O) groups is 1. The molecule has 1 heterocycles. The van der Waals surface area contributed by atoms with Crippen molar-refractivity contribution < 1.29 is 4.79 Å². The van der Waals surface area contributed by atoms with E-state index in [1.54, 1.807) is 11.8 Å². The summed E-state index contributed by atoms with van der Waals surface area (Å²) in [5.41, 5.74) is 7.74. The Morgan fingerprint density at radius 3 is 3.05 bits per heavy atom. The van der Waals surface area contributed by atoms with Gasteiger partial charge in [-0.05, 0) is 30.4 Å². The summed E-state index contributed by atoms with van der Waals surface area (Å²) >= 11 is 7.71. The number of nitrogens with one attached hydrogen (secondary N) is 3. The maximum atomic E-state index is 12.0. The van der Waals surface area contributed by atoms with Gasteiger partial charge in [-0.2, -0.15) is 0 Å². The zero-order valence-electron chi connectivity index (χ0n) is 12.5. The van der Waals surface area contributed by atoms with Crippen LogP contribution in [-0.2, 0) is 10.5 Å². The smallest absolute Gasteiger partial charge is 0.230 e. The standard InChI is InChI=1S/C16H22ClN3OS/c17-13-6-2-1-4-11(13)9-22-10-16(21)18-8-15-12-5-3-7-14(12)19-20-15/h1-2,4,6,12,14-15,19-20H,3,5,7-10H2,(H,18,21). The van der Waals surface area contributed by atoms with Crippen molar-refractivity contribution in [1.29, 1.82) is 0 Å². The number of hydrazine groups is 1. The van der Waals surface area contributed by atoms with Crippen LogP contribution in [0.25, 0.3) is 0 Å². The average molecular weight is 340 g/mol. The molecule has 1 aliphatic heterocycles. The largest absolute Gasteiger partial charge is 0.354 e. The molecule has 3 atom stereocenters. The molecule has 1 aromatic carbocycles. The lowest BCUT2D eigenvalue weighted by molar-refractivity contribution is -0.118. The van der Waals surface area contributed by atoms with E-state index in [4.69, 9.17) is 11.6 Å². The molecule has 0 aromatic heterocycles. The van der Waals surface area contributed by atoms with Gasteiger partial charge in [0.1, 0.15) is 0 Å². The molecule has 3 unspecified atom stereocenters. The molecule has 120 valence electrons. The molecule has 4 nitrogen and oxygen atoms in total. The van der Waals surface area contributed by atoms with E-state index in [1.165, 1.54) is 19.3 Å². The number of halogens is 1. The molecule has 1 aliphatic carbocycles. The third kappa shape index (κ3) is 3.96. The third-order valence-electron chi connectivity index (χ3n) is 4.51. The van der Waals surface area contributed by atoms with Crippen LogP contribution in [0.1, 0.15) is 24.8 Å². The number of hydrogen-bond acceptors (Lipinski definition) is 4. The highest BCUT2D eigenvalue weighted by molar-refractivity contribution is 7.99. The molecule has 1 saturated carbocycles. The Morgan fingerprint density at radius 2 is 2.18 bits per heavy atom. The Kier molecular flexibility index (Phi) is 5.63. The van der Waals surface area contributed by atoms with E-state index in [0.29, 0.717) is 30.3 Å². The van der Waals surface area contributed by atoms with Gasteiger partial charge in [0.05, 0.1) is 5.75 Å². The van der Waals surface area contributed by atoms with Crippen molar-refractivity contribution in [3.63, 3.8) is 0 Å². The van der Waals surface area contributed by atoms with Gasteiger partial charge in [-0.1, -0.05) is 36.2 Å². The van der Waals surface area contributed by atoms with E-state index in [1.807, 2.05) is 24.3 Å². The fourth-order valence-corrected chi connectivity index (χ4v) is 4.46. The Labute approximate surface area is 140 Å². The SMILES string of the molecule is O=C(CSCc1ccccc1Cl)NCC1NNC2CCCC21. The Hall–Kier alpha value is -0.750. The minimum Gasteiger partial charge on any atom is -0.354 e. The second kappa shape index (κ2) is 7.68. The van der Waals surface area contributed by atoms with E-state index >= 15 is 0 Å². The predicted octanol–water partition coefficient (Wildman–Crippen LogP) is 2.33. The van der Waals surface area contributed by atoms with Crippen molar-refractivity contribution in [1.82, 2.24) is 16.2 Å². The summed E-state index contributed by atoms with van der Waals surface area (Å²) in [6, 6.07) is 8.73. The molecule has 2 aliphatic rings. The van der Waals surface area contributed by atoms with E-state index in [9.17, 15) is 4.79 Å². The van der Waals surface area contributed by atoms with Crippen molar-refractivity contribution in [3.05, 3.63) is 34.9 Å². The monoisotopic (exact) mass is 339 g/mol. The second-order valence-electron chi connectivity index (χ2n) is 5.98. The highest BCUT2D eigenvalue weighted by Crippen LogP contribution is 2.31. The second-order valence-corrected chi connectivity index (χ2v) is 7.38. The summed E-state index contributed by atoms with van der Waals surface area (Å²) in [6.45, 7) is 0.708. The number of hydrogen-bond donors (Lipinski definition) is 3. The maximum absolute atomic E-state index is 12.0. The molecule has 22 heavy (non-hydrogen) atoms. The van der Waals surface area contributed by atoms with Crippen LogP contribution < -0.4 is 16.2 Å². The fourth-order valence-electron chi connectivity index (χ4n) is 3.32. The van der Waals surface area contributed by atoms with Crippen molar-refractivity contribution >= 4 is 29.3 Å². The molecular formula is C16H22ClN3OS. The van der Waals surface area contributed by atoms with Crippen molar-refractivity contribution in [3.8, 4) is 0 Å². The molecule has 2 fully saturated rings. The third-order valence-corrected chi connectivity index (χ3v) is 5.86. The van der Waals surface area contributed by atoms with Gasteiger partial charge in [0.15, 0.2) is 0 Å². The van der Waals surface area contributed by atoms with E-state index in [2.05, 4.69) is 16.2 Å². The van der Waals surface area contributed by atoms with Gasteiger partial charge < -0.3 is 5.32 Å². The van der Waals surface area contributed by atoms with Gasteiger partial charge in [0.25, 0.3) is 0 Å². The lowest BCUT2D eigenvalue weighted by Gasteiger charge is -2.17. The summed E-state index contributed by atoms with van der Waals surface area (Å²) in [6.07, 6.45) is 3.80. The van der Waals surface area contributed by atoms with Crippen LogP contribution in [0.4, 0.5) is 0 Å². The molecule has 1 aromatic rings. The van der Waals surface area contributed by atoms with Gasteiger partial charge in [-0.3, -0.25) is 15.6 Å². The van der Waals surface area contributed by atoms with Crippen LogP contribution in [-0.4, -0.2) is 30.3 Å². The molecule has 0 radical (unpaired) electrons. The van der Waals surface area contributed by atoms with Crippen molar-refractivity contribution in [2.75, 3.05) is 12.3 Å². The lowest BCUT2D eigenvalue weighted by atomic mass is 9.97. The quantitative estimate of drug-likeness (QED) is 0.744. The first-order valence-corrected chi connectivity index (χ1v) is 9.36. The number of benzene rings is 1. The van der Waals surface area contributed by atoms with Crippen LogP contribution in [0.15, 0.2) is 24.3 Å². The molecule has 6 heteroatoms. The van der Waals surface area contributed by atoms with Gasteiger partial charge in [0, 0.05) is 29.4 Å². The highest BCUT2D eigenvalue weighted by Gasteiger charge is 2.38. The molecule has 0 spiro atoms. The first-order chi connectivity index (χ1) is 10.7. The molecule has 3 rings (SSSR count). The lowest BCUT2D eigenvalue weighted by Crippen LogP contribution is -2.43. The van der Waals surface area contributed by atoms with Gasteiger partial charge >= 0.3 is 0 Å². The van der Waals surface area contributed by atoms with Crippen LogP contribution in [0.3, 0.4) is 0 Å². The average Bonchev–Trinajstić information content (AvgIpc) is 3.11. The minimum atomic E-state index is 0.0975. The van der Waals surface area contributed by atoms with Crippen LogP contribution in [0.2, 0.25) is 5.02 Å². The molecule has 1 saturated heterocycles. The number of amides is 1. The summed E-state index contributed by atoms with van der Waals surface area (Å²) in [4.78, 5) is 12.0. The highest BCUT2D eigenvalue weighted by atomic mass is 35.5. The molecule has 3 N–H and O–H groups in total. The van der Waals surface area contributed by atoms with Gasteiger partial charge in [-0.15, -0.1) is 11.8 Å². The first kappa shape index (κ1) is 16.1. The summed E-state index contributed by atoms with van der Waals surface area (Å²) in [5.74, 6) is 2.00. The maximum Gasteiger partial charge on any atom is 0.230 e. The summed E-state index contributed by atoms with van der Waals surface area (Å²) < 4.78 is 0. The zero-order chi connectivity index (χ0) is 15.4. The fraction of sp³-hybridized carbons (Fsp3) is 0.562. The summed E-state index contributed by atoms with van der Waals surface area (Å²) in [5, 5.41) is 3.81. The normalized spacial score (nSPS) is 26.9. The zero-order valence-corrected chi connectivity index (χ0v) is 14.1. The summed E-state index contributed by atoms with van der Waals surface area (Å²) in [7, 11) is 0. The molecule has 1 amide bonds. The number of fused-ring (bicyclic) bond motifs is 1. The topological polar surface area (TPSA) is 53.2 Å².